The molecule has 0 saturated heterocycles. The molecule has 0 amide bonds. The fourth-order valence-corrected chi connectivity index (χ4v) is 5.65. The third kappa shape index (κ3) is 3.93. The number of benzene rings is 2. The van der Waals surface area contributed by atoms with E-state index in [1.165, 1.54) is 22.5 Å². The van der Waals surface area contributed by atoms with Gasteiger partial charge in [0.05, 0.1) is 16.3 Å². The molecule has 3 rings (SSSR count). The molecule has 0 atom stereocenters. The largest absolute Gasteiger partial charge is 0.280 e. The summed E-state index contributed by atoms with van der Waals surface area (Å²) in [5, 5.41) is 0. The Labute approximate surface area is 159 Å². The number of rotatable bonds is 5. The van der Waals surface area contributed by atoms with Crippen LogP contribution >= 0.6 is 0 Å². The number of halogens is 1. The first-order valence-corrected chi connectivity index (χ1v) is 11.7. The fourth-order valence-electron chi connectivity index (χ4n) is 3.14. The Kier molecular flexibility index (Phi) is 5.18. The average molecular weight is 413 g/mol. The molecular formula is C18H21FN2O4S2. The van der Waals surface area contributed by atoms with Gasteiger partial charge in [-0.3, -0.25) is 9.03 Å². The fraction of sp³-hybridized carbons (Fsp3) is 0.333. The smallest absolute Gasteiger partial charge is 0.262 e. The molecule has 2 aromatic rings. The molecule has 9 heteroatoms. The number of fused-ring (bicyclic) bond motifs is 1. The minimum Gasteiger partial charge on any atom is -0.280 e. The SMILES string of the molecule is CCS(=O)(=O)N1CCCc2cc(NS(=O)(=O)c3cc(F)ccc3C)ccc21. The van der Waals surface area contributed by atoms with Crippen molar-refractivity contribution in [2.75, 3.05) is 21.3 Å². The number of nitrogens with one attached hydrogen (secondary N) is 1. The summed E-state index contributed by atoms with van der Waals surface area (Å²) in [4.78, 5) is -0.129. The maximum Gasteiger partial charge on any atom is 0.262 e. The molecule has 146 valence electrons. The van der Waals surface area contributed by atoms with Gasteiger partial charge in [-0.1, -0.05) is 6.07 Å². The number of aryl methyl sites for hydroxylation is 2. The van der Waals surface area contributed by atoms with Gasteiger partial charge in [0.1, 0.15) is 5.82 Å². The first kappa shape index (κ1) is 19.6. The van der Waals surface area contributed by atoms with E-state index in [1.807, 2.05) is 0 Å². The van der Waals surface area contributed by atoms with E-state index in [0.717, 1.165) is 11.6 Å². The molecule has 0 bridgehead atoms. The average Bonchev–Trinajstić information content (AvgIpc) is 2.62. The predicted molar refractivity (Wildman–Crippen MR) is 104 cm³/mol. The van der Waals surface area contributed by atoms with E-state index in [1.54, 1.807) is 26.0 Å². The summed E-state index contributed by atoms with van der Waals surface area (Å²) < 4.78 is 67.1. The molecule has 1 aliphatic heterocycles. The second kappa shape index (κ2) is 7.12. The number of hydrogen-bond acceptors (Lipinski definition) is 4. The normalized spacial score (nSPS) is 14.7. The van der Waals surface area contributed by atoms with Crippen LogP contribution in [-0.4, -0.2) is 29.1 Å². The monoisotopic (exact) mass is 412 g/mol. The minimum absolute atomic E-state index is 0.000329. The lowest BCUT2D eigenvalue weighted by Crippen LogP contribution is -2.36. The molecule has 0 fully saturated rings. The molecule has 0 unspecified atom stereocenters. The van der Waals surface area contributed by atoms with E-state index in [4.69, 9.17) is 0 Å². The van der Waals surface area contributed by atoms with Crippen LogP contribution in [0.5, 0.6) is 0 Å². The summed E-state index contributed by atoms with van der Waals surface area (Å²) in [5.41, 5.74) is 2.08. The highest BCUT2D eigenvalue weighted by Crippen LogP contribution is 2.32. The molecule has 0 aliphatic carbocycles. The van der Waals surface area contributed by atoms with Crippen LogP contribution < -0.4 is 9.03 Å². The van der Waals surface area contributed by atoms with Gasteiger partial charge >= 0.3 is 0 Å². The first-order chi connectivity index (χ1) is 12.6. The molecule has 1 N–H and O–H groups in total. The van der Waals surface area contributed by atoms with Crippen molar-refractivity contribution in [1.29, 1.82) is 0 Å². The van der Waals surface area contributed by atoms with E-state index in [-0.39, 0.29) is 10.6 Å². The maximum atomic E-state index is 13.5. The first-order valence-electron chi connectivity index (χ1n) is 8.56. The van der Waals surface area contributed by atoms with Crippen LogP contribution in [0.15, 0.2) is 41.3 Å². The minimum atomic E-state index is -3.96. The lowest BCUT2D eigenvalue weighted by atomic mass is 10.0. The topological polar surface area (TPSA) is 83.6 Å². The maximum absolute atomic E-state index is 13.5. The third-order valence-corrected chi connectivity index (χ3v) is 7.85. The van der Waals surface area contributed by atoms with Crippen molar-refractivity contribution in [3.63, 3.8) is 0 Å². The molecule has 27 heavy (non-hydrogen) atoms. The Hall–Kier alpha value is -2.13. The Morgan fingerprint density at radius 1 is 1.11 bits per heavy atom. The van der Waals surface area contributed by atoms with Crippen LogP contribution in [0.3, 0.4) is 0 Å². The van der Waals surface area contributed by atoms with Gasteiger partial charge in [0.2, 0.25) is 10.0 Å². The number of sulfonamides is 2. The van der Waals surface area contributed by atoms with Crippen LogP contribution in [0.2, 0.25) is 0 Å². The molecule has 1 aliphatic rings. The van der Waals surface area contributed by atoms with E-state index in [0.29, 0.717) is 36.3 Å². The zero-order chi connectivity index (χ0) is 19.8. The molecule has 1 heterocycles. The summed E-state index contributed by atoms with van der Waals surface area (Å²) in [6.07, 6.45) is 1.31. The van der Waals surface area contributed by atoms with Crippen molar-refractivity contribution < 1.29 is 21.2 Å². The Bertz CT molecular complexity index is 1080. The second-order valence-electron chi connectivity index (χ2n) is 6.44. The van der Waals surface area contributed by atoms with Crippen molar-refractivity contribution in [1.82, 2.24) is 0 Å². The van der Waals surface area contributed by atoms with Crippen molar-refractivity contribution in [2.24, 2.45) is 0 Å². The van der Waals surface area contributed by atoms with E-state index in [9.17, 15) is 21.2 Å². The third-order valence-electron chi connectivity index (χ3n) is 4.55. The van der Waals surface area contributed by atoms with Crippen LogP contribution in [0, 0.1) is 12.7 Å². The zero-order valence-electron chi connectivity index (χ0n) is 15.1. The number of anilines is 2. The van der Waals surface area contributed by atoms with Gasteiger partial charge in [0.25, 0.3) is 10.0 Å². The molecule has 0 spiro atoms. The summed E-state index contributed by atoms with van der Waals surface area (Å²) in [7, 11) is -7.34. The predicted octanol–water partition coefficient (Wildman–Crippen LogP) is 3.04. The Balaban J connectivity index is 1.95. The van der Waals surface area contributed by atoms with Gasteiger partial charge in [-0.15, -0.1) is 0 Å². The lowest BCUT2D eigenvalue weighted by Gasteiger charge is -2.30. The summed E-state index contributed by atoms with van der Waals surface area (Å²) >= 11 is 0. The van der Waals surface area contributed by atoms with E-state index in [2.05, 4.69) is 4.72 Å². The molecule has 0 aromatic heterocycles. The molecule has 6 nitrogen and oxygen atoms in total. The van der Waals surface area contributed by atoms with Gasteiger partial charge in [0, 0.05) is 12.2 Å². The quantitative estimate of drug-likeness (QED) is 0.818. The number of nitrogens with zero attached hydrogens (tertiary/aromatic N) is 1. The van der Waals surface area contributed by atoms with Gasteiger partial charge in [0.15, 0.2) is 0 Å². The molecule has 0 saturated carbocycles. The van der Waals surface area contributed by atoms with Crippen molar-refractivity contribution in [3.8, 4) is 0 Å². The van der Waals surface area contributed by atoms with Crippen LogP contribution in [-0.2, 0) is 26.5 Å². The molecule has 2 aromatic carbocycles. The summed E-state index contributed by atoms with van der Waals surface area (Å²) in [5.74, 6) is -0.633. The van der Waals surface area contributed by atoms with Crippen LogP contribution in [0.4, 0.5) is 15.8 Å². The Morgan fingerprint density at radius 2 is 1.85 bits per heavy atom. The highest BCUT2D eigenvalue weighted by Gasteiger charge is 2.26. The Morgan fingerprint density at radius 3 is 2.56 bits per heavy atom. The van der Waals surface area contributed by atoms with Crippen molar-refractivity contribution in [2.45, 2.75) is 31.6 Å². The van der Waals surface area contributed by atoms with E-state index < -0.39 is 25.9 Å². The molecular weight excluding hydrogens is 391 g/mol. The van der Waals surface area contributed by atoms with Gasteiger partial charge in [-0.2, -0.15) is 0 Å². The van der Waals surface area contributed by atoms with Crippen molar-refractivity contribution >= 4 is 31.4 Å². The second-order valence-corrected chi connectivity index (χ2v) is 10.3. The number of hydrogen-bond donors (Lipinski definition) is 1. The van der Waals surface area contributed by atoms with Crippen molar-refractivity contribution in [3.05, 3.63) is 53.3 Å². The van der Waals surface area contributed by atoms with Gasteiger partial charge in [-0.25, -0.2) is 21.2 Å². The standard InChI is InChI=1S/C18H21FN2O4S2/c1-3-26(22,23)21-10-4-5-14-11-16(8-9-17(14)21)20-27(24,25)18-12-15(19)7-6-13(18)2/h6-9,11-12,20H,3-5,10H2,1-2H3. The highest BCUT2D eigenvalue weighted by atomic mass is 32.2. The zero-order valence-corrected chi connectivity index (χ0v) is 16.7. The van der Waals surface area contributed by atoms with Crippen LogP contribution in [0.1, 0.15) is 24.5 Å². The highest BCUT2D eigenvalue weighted by molar-refractivity contribution is 7.93. The van der Waals surface area contributed by atoms with Gasteiger partial charge in [-0.05, 0) is 68.1 Å². The van der Waals surface area contributed by atoms with Crippen LogP contribution in [0.25, 0.3) is 0 Å². The summed E-state index contributed by atoms with van der Waals surface area (Å²) in [6, 6.07) is 8.36. The molecule has 0 radical (unpaired) electrons. The summed E-state index contributed by atoms with van der Waals surface area (Å²) in [6.45, 7) is 3.60. The van der Waals surface area contributed by atoms with Gasteiger partial charge < -0.3 is 0 Å². The van der Waals surface area contributed by atoms with E-state index >= 15 is 0 Å². The lowest BCUT2D eigenvalue weighted by molar-refractivity contribution is 0.587.